The number of nitrogens with one attached hydrogen (secondary N) is 1. The quantitative estimate of drug-likeness (QED) is 0.842. The number of carbonyl (C=O) groups is 3. The fraction of sp³-hybridized carbons (Fsp3) is 0.471. The molecule has 2 aliphatic heterocycles. The molecule has 1 saturated carbocycles. The number of fused-ring (bicyclic) bond motifs is 3. The Morgan fingerprint density at radius 2 is 2.12 bits per heavy atom. The van der Waals surface area contributed by atoms with E-state index in [1.54, 1.807) is 11.8 Å². The van der Waals surface area contributed by atoms with E-state index in [2.05, 4.69) is 5.32 Å². The van der Waals surface area contributed by atoms with Gasteiger partial charge in [-0.15, -0.1) is 0 Å². The minimum atomic E-state index is -1.07. The molecule has 0 unspecified atom stereocenters. The van der Waals surface area contributed by atoms with Crippen molar-refractivity contribution in [2.24, 2.45) is 0 Å². The van der Waals surface area contributed by atoms with Gasteiger partial charge in [0.05, 0.1) is 5.69 Å². The molecule has 0 radical (unpaired) electrons. The highest BCUT2D eigenvalue weighted by Crippen LogP contribution is 2.56. The normalized spacial score (nSPS) is 25.9. The van der Waals surface area contributed by atoms with Gasteiger partial charge in [-0.05, 0) is 31.9 Å². The number of esters is 1. The van der Waals surface area contributed by atoms with E-state index >= 15 is 0 Å². The topological polar surface area (TPSA) is 75.7 Å². The van der Waals surface area contributed by atoms with Gasteiger partial charge in [0.1, 0.15) is 0 Å². The summed E-state index contributed by atoms with van der Waals surface area (Å²) < 4.78 is 5.44. The van der Waals surface area contributed by atoms with Crippen LogP contribution in [0.2, 0.25) is 0 Å². The number of hydrogen-bond donors (Lipinski definition) is 1. The van der Waals surface area contributed by atoms with E-state index in [0.29, 0.717) is 12.8 Å². The Balaban J connectivity index is 1.55. The minimum Gasteiger partial charge on any atom is -0.450 e. The fourth-order valence-corrected chi connectivity index (χ4v) is 4.53. The van der Waals surface area contributed by atoms with Crippen molar-refractivity contribution in [1.82, 2.24) is 5.32 Å². The van der Waals surface area contributed by atoms with E-state index in [4.69, 9.17) is 4.74 Å². The number of rotatable bonds is 4. The number of para-hydroxylation sites is 1. The van der Waals surface area contributed by atoms with Crippen molar-refractivity contribution >= 4 is 35.2 Å². The van der Waals surface area contributed by atoms with E-state index in [0.717, 1.165) is 23.4 Å². The molecular formula is C17H18N2O4S. The van der Waals surface area contributed by atoms with Crippen molar-refractivity contribution < 1.29 is 19.1 Å². The Labute approximate surface area is 143 Å². The van der Waals surface area contributed by atoms with Gasteiger partial charge in [0.15, 0.2) is 11.0 Å². The molecule has 1 aliphatic carbocycles. The first kappa shape index (κ1) is 15.5. The van der Waals surface area contributed by atoms with E-state index in [-0.39, 0.29) is 17.9 Å². The van der Waals surface area contributed by atoms with Crippen LogP contribution in [0.4, 0.5) is 5.69 Å². The third kappa shape index (κ3) is 2.38. The molecule has 1 aromatic rings. The summed E-state index contributed by atoms with van der Waals surface area (Å²) in [5, 5.41) is 2.83. The molecule has 7 heteroatoms. The van der Waals surface area contributed by atoms with Crippen LogP contribution < -0.4 is 10.2 Å². The highest BCUT2D eigenvalue weighted by molar-refractivity contribution is 8.02. The van der Waals surface area contributed by atoms with Crippen LogP contribution in [0.1, 0.15) is 32.6 Å². The van der Waals surface area contributed by atoms with Crippen LogP contribution in [-0.2, 0) is 19.1 Å². The number of carbonyl (C=O) groups excluding carboxylic acids is 3. The van der Waals surface area contributed by atoms with Gasteiger partial charge in [-0.3, -0.25) is 14.5 Å². The number of thioether (sulfide) groups is 1. The zero-order chi connectivity index (χ0) is 16.9. The summed E-state index contributed by atoms with van der Waals surface area (Å²) in [4.78, 5) is 38.6. The lowest BCUT2D eigenvalue weighted by Crippen LogP contribution is -2.50. The number of benzene rings is 1. The number of nitrogens with zero attached hydrogens (tertiary/aromatic N) is 1. The molecule has 1 saturated heterocycles. The monoisotopic (exact) mass is 346 g/mol. The summed E-state index contributed by atoms with van der Waals surface area (Å²) in [7, 11) is 0. The lowest BCUT2D eigenvalue weighted by Gasteiger charge is -2.29. The first-order valence-corrected chi connectivity index (χ1v) is 8.95. The van der Waals surface area contributed by atoms with Crippen LogP contribution in [-0.4, -0.2) is 34.8 Å². The molecule has 1 aromatic carbocycles. The molecule has 1 N–H and O–H groups in total. The second kappa shape index (κ2) is 5.51. The van der Waals surface area contributed by atoms with Gasteiger partial charge in [0.25, 0.3) is 5.91 Å². The third-order valence-corrected chi connectivity index (χ3v) is 6.03. The first-order chi connectivity index (χ1) is 11.5. The van der Waals surface area contributed by atoms with Crippen LogP contribution >= 0.6 is 11.8 Å². The SMILES string of the molecule is C[C@H](OC(=O)[C@]12CCC(=O)N1c1ccccc1S2)C(=O)NC1CC1. The maximum atomic E-state index is 12.9. The molecule has 24 heavy (non-hydrogen) atoms. The Morgan fingerprint density at radius 3 is 2.88 bits per heavy atom. The zero-order valence-electron chi connectivity index (χ0n) is 13.3. The third-order valence-electron chi connectivity index (χ3n) is 4.57. The molecule has 4 rings (SSSR count). The minimum absolute atomic E-state index is 0.0838. The number of anilines is 1. The highest BCUT2D eigenvalue weighted by atomic mass is 32.2. The van der Waals surface area contributed by atoms with Gasteiger partial charge in [-0.25, -0.2) is 4.79 Å². The van der Waals surface area contributed by atoms with E-state index in [9.17, 15) is 14.4 Å². The smallest absolute Gasteiger partial charge is 0.344 e. The van der Waals surface area contributed by atoms with Crippen LogP contribution in [0, 0.1) is 0 Å². The lowest BCUT2D eigenvalue weighted by molar-refractivity contribution is -0.157. The molecule has 2 amide bonds. The van der Waals surface area contributed by atoms with Gasteiger partial charge in [0.2, 0.25) is 5.91 Å². The van der Waals surface area contributed by atoms with Crippen LogP contribution in [0.3, 0.4) is 0 Å². The Kier molecular flexibility index (Phi) is 3.56. The lowest BCUT2D eigenvalue weighted by atomic mass is 10.2. The standard InChI is InChI=1S/C17H18N2O4S/c1-10(15(21)18-11-6-7-11)23-16(22)17-9-8-14(20)19(17)12-4-2-3-5-13(12)24-17/h2-5,10-11H,6-9H2,1H3,(H,18,21)/t10-,17+/m0/s1. The average Bonchev–Trinajstić information content (AvgIpc) is 3.21. The average molecular weight is 346 g/mol. The van der Waals surface area contributed by atoms with Crippen molar-refractivity contribution in [1.29, 1.82) is 0 Å². The van der Waals surface area contributed by atoms with Crippen LogP contribution in [0.5, 0.6) is 0 Å². The van der Waals surface area contributed by atoms with Crippen LogP contribution in [0.25, 0.3) is 0 Å². The Bertz CT molecular complexity index is 733. The summed E-state index contributed by atoms with van der Waals surface area (Å²) in [6.45, 7) is 1.57. The largest absolute Gasteiger partial charge is 0.450 e. The maximum absolute atomic E-state index is 12.9. The van der Waals surface area contributed by atoms with Gasteiger partial charge in [-0.2, -0.15) is 0 Å². The van der Waals surface area contributed by atoms with Gasteiger partial charge in [-0.1, -0.05) is 23.9 Å². The van der Waals surface area contributed by atoms with E-state index < -0.39 is 16.9 Å². The maximum Gasteiger partial charge on any atom is 0.344 e. The summed E-state index contributed by atoms with van der Waals surface area (Å²) in [6.07, 6.45) is 1.78. The summed E-state index contributed by atoms with van der Waals surface area (Å²) >= 11 is 1.34. The fourth-order valence-electron chi connectivity index (χ4n) is 3.12. The predicted molar refractivity (Wildman–Crippen MR) is 88.5 cm³/mol. The second-order valence-corrected chi connectivity index (χ2v) is 7.73. The highest BCUT2D eigenvalue weighted by Gasteiger charge is 2.59. The van der Waals surface area contributed by atoms with Crippen molar-refractivity contribution in [2.45, 2.75) is 54.5 Å². The zero-order valence-corrected chi connectivity index (χ0v) is 14.1. The molecule has 0 spiro atoms. The Hall–Kier alpha value is -2.02. The number of ether oxygens (including phenoxy) is 1. The molecule has 2 heterocycles. The molecule has 3 aliphatic rings. The van der Waals surface area contributed by atoms with Crippen molar-refractivity contribution in [3.8, 4) is 0 Å². The number of hydrogen-bond acceptors (Lipinski definition) is 5. The van der Waals surface area contributed by atoms with E-state index in [1.165, 1.54) is 11.8 Å². The summed E-state index contributed by atoms with van der Waals surface area (Å²) in [5.41, 5.74) is 0.747. The van der Waals surface area contributed by atoms with Crippen molar-refractivity contribution in [3.05, 3.63) is 24.3 Å². The van der Waals surface area contributed by atoms with Gasteiger partial charge in [0, 0.05) is 23.8 Å². The molecule has 2 atom stereocenters. The predicted octanol–water partition coefficient (Wildman–Crippen LogP) is 1.83. The Morgan fingerprint density at radius 1 is 1.38 bits per heavy atom. The molecule has 0 bridgehead atoms. The first-order valence-electron chi connectivity index (χ1n) is 8.14. The molecule has 6 nitrogen and oxygen atoms in total. The summed E-state index contributed by atoms with van der Waals surface area (Å²) in [6, 6.07) is 7.67. The molecule has 2 fully saturated rings. The molecule has 126 valence electrons. The summed E-state index contributed by atoms with van der Waals surface area (Å²) in [5.74, 6) is -0.883. The molecular weight excluding hydrogens is 328 g/mol. The van der Waals surface area contributed by atoms with Crippen LogP contribution in [0.15, 0.2) is 29.2 Å². The van der Waals surface area contributed by atoms with Crippen molar-refractivity contribution in [3.63, 3.8) is 0 Å². The van der Waals surface area contributed by atoms with Crippen molar-refractivity contribution in [2.75, 3.05) is 4.90 Å². The van der Waals surface area contributed by atoms with E-state index in [1.807, 2.05) is 24.3 Å². The van der Waals surface area contributed by atoms with Gasteiger partial charge < -0.3 is 10.1 Å². The molecule has 0 aromatic heterocycles. The second-order valence-electron chi connectivity index (χ2n) is 6.41. The van der Waals surface area contributed by atoms with Gasteiger partial charge >= 0.3 is 5.97 Å². The number of amides is 2.